The van der Waals surface area contributed by atoms with Crippen molar-refractivity contribution in [2.75, 3.05) is 0 Å². The van der Waals surface area contributed by atoms with E-state index in [0.29, 0.717) is 23.3 Å². The molecule has 108 valence electrons. The molecule has 0 amide bonds. The Morgan fingerprint density at radius 3 is 2.52 bits per heavy atom. The Morgan fingerprint density at radius 2 is 1.76 bits per heavy atom. The van der Waals surface area contributed by atoms with Gasteiger partial charge in [-0.15, -0.1) is 0 Å². The molecule has 1 aliphatic carbocycles. The molecule has 21 heavy (non-hydrogen) atoms. The number of ether oxygens (including phenoxy) is 1. The summed E-state index contributed by atoms with van der Waals surface area (Å²) in [6.45, 7) is 0.0572. The molecule has 2 aromatic carbocycles. The van der Waals surface area contributed by atoms with Crippen LogP contribution in [0.1, 0.15) is 34.3 Å². The van der Waals surface area contributed by atoms with Crippen molar-refractivity contribution in [1.29, 1.82) is 0 Å². The summed E-state index contributed by atoms with van der Waals surface area (Å²) in [6.07, 6.45) is 2.34. The van der Waals surface area contributed by atoms with Crippen molar-refractivity contribution in [1.82, 2.24) is 0 Å². The van der Waals surface area contributed by atoms with E-state index in [2.05, 4.69) is 0 Å². The molecule has 0 N–H and O–H groups in total. The van der Waals surface area contributed by atoms with Crippen LogP contribution in [0.3, 0.4) is 0 Å². The van der Waals surface area contributed by atoms with Crippen LogP contribution in [0.2, 0.25) is 0 Å². The van der Waals surface area contributed by atoms with Crippen LogP contribution in [-0.2, 0) is 13.0 Å². The van der Waals surface area contributed by atoms with Crippen molar-refractivity contribution in [2.45, 2.75) is 25.9 Å². The third kappa shape index (κ3) is 3.10. The van der Waals surface area contributed by atoms with Gasteiger partial charge in [0.25, 0.3) is 0 Å². The van der Waals surface area contributed by atoms with Crippen molar-refractivity contribution < 1.29 is 18.3 Å². The fourth-order valence-corrected chi connectivity index (χ4v) is 2.56. The Morgan fingerprint density at radius 1 is 1.00 bits per heavy atom. The van der Waals surface area contributed by atoms with Gasteiger partial charge in [0.05, 0.1) is 0 Å². The summed E-state index contributed by atoms with van der Waals surface area (Å²) in [5.41, 5.74) is 2.15. The fourth-order valence-electron chi connectivity index (χ4n) is 2.56. The molecule has 2 nitrogen and oxygen atoms in total. The van der Waals surface area contributed by atoms with E-state index in [1.54, 1.807) is 12.1 Å². The average Bonchev–Trinajstić information content (AvgIpc) is 2.45. The second-order valence-electron chi connectivity index (χ2n) is 5.16. The van der Waals surface area contributed by atoms with E-state index in [0.717, 1.165) is 24.5 Å². The largest absolute Gasteiger partial charge is 0.489 e. The van der Waals surface area contributed by atoms with Gasteiger partial charge >= 0.3 is 0 Å². The third-order valence-corrected chi connectivity index (χ3v) is 3.56. The molecule has 0 aromatic heterocycles. The lowest BCUT2D eigenvalue weighted by atomic mass is 9.90. The highest BCUT2D eigenvalue weighted by molar-refractivity contribution is 5.98. The molecule has 0 bridgehead atoms. The van der Waals surface area contributed by atoms with Crippen LogP contribution >= 0.6 is 0 Å². The molecular formula is C17H14F2O2. The number of carbonyl (C=O) groups is 1. The van der Waals surface area contributed by atoms with Crippen molar-refractivity contribution in [3.8, 4) is 5.75 Å². The average molecular weight is 288 g/mol. The zero-order valence-electron chi connectivity index (χ0n) is 11.4. The van der Waals surface area contributed by atoms with Gasteiger partial charge in [-0.05, 0) is 48.2 Å². The van der Waals surface area contributed by atoms with Crippen LogP contribution in [0.5, 0.6) is 5.75 Å². The van der Waals surface area contributed by atoms with E-state index >= 15 is 0 Å². The Kier molecular flexibility index (Phi) is 3.69. The molecule has 0 atom stereocenters. The molecular weight excluding hydrogens is 274 g/mol. The number of ketones is 1. The summed E-state index contributed by atoms with van der Waals surface area (Å²) < 4.78 is 31.7. The molecule has 0 heterocycles. The zero-order chi connectivity index (χ0) is 14.8. The molecule has 0 aliphatic heterocycles. The molecule has 3 rings (SSSR count). The first-order valence-electron chi connectivity index (χ1n) is 6.86. The molecule has 0 radical (unpaired) electrons. The van der Waals surface area contributed by atoms with E-state index < -0.39 is 11.6 Å². The van der Waals surface area contributed by atoms with E-state index in [9.17, 15) is 13.6 Å². The minimum absolute atomic E-state index is 0.0572. The minimum atomic E-state index is -0.630. The SMILES string of the molecule is O=C1CCCc2ccc(OCc3cc(F)cc(F)c3)cc21. The summed E-state index contributed by atoms with van der Waals surface area (Å²) in [5, 5.41) is 0. The topological polar surface area (TPSA) is 26.3 Å². The van der Waals surface area contributed by atoms with Crippen LogP contribution in [-0.4, -0.2) is 5.78 Å². The molecule has 0 saturated carbocycles. The van der Waals surface area contributed by atoms with Gasteiger partial charge in [-0.25, -0.2) is 8.78 Å². The number of fused-ring (bicyclic) bond motifs is 1. The molecule has 2 aromatic rings. The van der Waals surface area contributed by atoms with Crippen LogP contribution in [0.4, 0.5) is 8.78 Å². The molecule has 0 saturated heterocycles. The first-order valence-corrected chi connectivity index (χ1v) is 6.86. The minimum Gasteiger partial charge on any atom is -0.489 e. The van der Waals surface area contributed by atoms with Crippen LogP contribution in [0.25, 0.3) is 0 Å². The van der Waals surface area contributed by atoms with Crippen molar-refractivity contribution in [3.05, 3.63) is 64.7 Å². The second kappa shape index (κ2) is 5.64. The van der Waals surface area contributed by atoms with Gasteiger partial charge in [0.1, 0.15) is 24.0 Å². The monoisotopic (exact) mass is 288 g/mol. The van der Waals surface area contributed by atoms with E-state index in [1.165, 1.54) is 12.1 Å². The summed E-state index contributed by atoms with van der Waals surface area (Å²) in [4.78, 5) is 11.8. The number of carbonyl (C=O) groups excluding carboxylic acids is 1. The number of hydrogen-bond acceptors (Lipinski definition) is 2. The standard InChI is InChI=1S/C17H14F2O2/c18-13-6-11(7-14(19)8-13)10-21-15-5-4-12-2-1-3-17(20)16(12)9-15/h4-9H,1-3,10H2. The lowest BCUT2D eigenvalue weighted by molar-refractivity contribution is 0.0972. The van der Waals surface area contributed by atoms with Gasteiger partial charge in [0.2, 0.25) is 0 Å². The van der Waals surface area contributed by atoms with Crippen LogP contribution < -0.4 is 4.74 Å². The fraction of sp³-hybridized carbons (Fsp3) is 0.235. The summed E-state index contributed by atoms with van der Waals surface area (Å²) >= 11 is 0. The van der Waals surface area contributed by atoms with Gasteiger partial charge in [-0.3, -0.25) is 4.79 Å². The molecule has 0 spiro atoms. The Hall–Kier alpha value is -2.23. The number of benzene rings is 2. The van der Waals surface area contributed by atoms with E-state index in [4.69, 9.17) is 4.74 Å². The van der Waals surface area contributed by atoms with E-state index in [-0.39, 0.29) is 12.4 Å². The normalized spacial score (nSPS) is 13.9. The predicted molar refractivity (Wildman–Crippen MR) is 74.4 cm³/mol. The summed E-state index contributed by atoms with van der Waals surface area (Å²) in [7, 11) is 0. The van der Waals surface area contributed by atoms with Gasteiger partial charge in [-0.2, -0.15) is 0 Å². The number of halogens is 2. The maximum atomic E-state index is 13.1. The van der Waals surface area contributed by atoms with Gasteiger partial charge in [0, 0.05) is 18.1 Å². The summed E-state index contributed by atoms with van der Waals surface area (Å²) in [6, 6.07) is 8.66. The maximum absolute atomic E-state index is 13.1. The highest BCUT2D eigenvalue weighted by atomic mass is 19.1. The third-order valence-electron chi connectivity index (χ3n) is 3.56. The van der Waals surface area contributed by atoms with Gasteiger partial charge in [0.15, 0.2) is 5.78 Å². The Labute approximate surface area is 121 Å². The van der Waals surface area contributed by atoms with Gasteiger partial charge < -0.3 is 4.74 Å². The van der Waals surface area contributed by atoms with Crippen LogP contribution in [0, 0.1) is 11.6 Å². The quantitative estimate of drug-likeness (QED) is 0.851. The van der Waals surface area contributed by atoms with Crippen molar-refractivity contribution in [2.24, 2.45) is 0 Å². The summed E-state index contributed by atoms with van der Waals surface area (Å²) in [5.74, 6) is -0.601. The van der Waals surface area contributed by atoms with Gasteiger partial charge in [-0.1, -0.05) is 6.07 Å². The van der Waals surface area contributed by atoms with Crippen molar-refractivity contribution in [3.63, 3.8) is 0 Å². The Bertz CT molecular complexity index is 675. The lowest BCUT2D eigenvalue weighted by Crippen LogP contribution is -2.10. The molecule has 0 fully saturated rings. The number of hydrogen-bond donors (Lipinski definition) is 0. The zero-order valence-corrected chi connectivity index (χ0v) is 11.4. The highest BCUT2D eigenvalue weighted by Gasteiger charge is 2.17. The number of rotatable bonds is 3. The second-order valence-corrected chi connectivity index (χ2v) is 5.16. The van der Waals surface area contributed by atoms with Crippen molar-refractivity contribution >= 4 is 5.78 Å². The van der Waals surface area contributed by atoms with Crippen LogP contribution in [0.15, 0.2) is 36.4 Å². The first-order chi connectivity index (χ1) is 10.1. The van der Waals surface area contributed by atoms with E-state index in [1.807, 2.05) is 6.07 Å². The number of Topliss-reactive ketones (excluding diaryl/α,β-unsaturated/α-hetero) is 1. The predicted octanol–water partition coefficient (Wildman–Crippen LogP) is 4.06. The molecule has 0 unspecified atom stereocenters. The smallest absolute Gasteiger partial charge is 0.163 e. The molecule has 1 aliphatic rings. The highest BCUT2D eigenvalue weighted by Crippen LogP contribution is 2.26. The Balaban J connectivity index is 1.76. The number of aryl methyl sites for hydroxylation is 1. The first kappa shape index (κ1) is 13.7. The lowest BCUT2D eigenvalue weighted by Gasteiger charge is -2.16. The molecule has 4 heteroatoms. The maximum Gasteiger partial charge on any atom is 0.163 e.